The lowest BCUT2D eigenvalue weighted by Crippen LogP contribution is -2.15. The van der Waals surface area contributed by atoms with Crippen molar-refractivity contribution in [2.75, 3.05) is 22.1 Å². The molecule has 4 heterocycles. The van der Waals surface area contributed by atoms with Crippen LogP contribution in [0.1, 0.15) is 35.8 Å². The third kappa shape index (κ3) is 7.89. The molecule has 4 aromatic heterocycles. The van der Waals surface area contributed by atoms with Crippen LogP contribution in [0.5, 0.6) is 0 Å². The van der Waals surface area contributed by atoms with Crippen molar-refractivity contribution >= 4 is 56.4 Å². The van der Waals surface area contributed by atoms with Crippen molar-refractivity contribution in [1.29, 1.82) is 0 Å². The molecule has 62 heavy (non-hydrogen) atoms. The first-order valence-electron chi connectivity index (χ1n) is 19.7. The molecule has 0 spiro atoms. The summed E-state index contributed by atoms with van der Waals surface area (Å²) in [4.78, 5) is 33.8. The molecular formula is C46H38F4N10O2. The van der Waals surface area contributed by atoms with Crippen LogP contribution in [0.4, 0.5) is 40.6 Å². The Morgan fingerprint density at radius 2 is 0.984 bits per heavy atom. The zero-order valence-electron chi connectivity index (χ0n) is 33.3. The first kappa shape index (κ1) is 39.8. The molecule has 4 aromatic carbocycles. The Hall–Kier alpha value is -7.62. The van der Waals surface area contributed by atoms with Crippen LogP contribution in [0.15, 0.2) is 110 Å². The van der Waals surface area contributed by atoms with Crippen molar-refractivity contribution in [2.24, 2.45) is 25.9 Å². The highest BCUT2D eigenvalue weighted by Crippen LogP contribution is 2.49. The molecule has 0 saturated heterocycles. The highest BCUT2D eigenvalue weighted by molar-refractivity contribution is 6.02. The summed E-state index contributed by atoms with van der Waals surface area (Å²) in [7, 11) is 3.68. The van der Waals surface area contributed by atoms with Gasteiger partial charge in [0.25, 0.3) is 0 Å². The summed E-state index contributed by atoms with van der Waals surface area (Å²) in [6, 6.07) is 17.1. The van der Waals surface area contributed by atoms with Crippen molar-refractivity contribution in [1.82, 2.24) is 29.5 Å². The van der Waals surface area contributed by atoms with E-state index in [9.17, 15) is 27.2 Å². The monoisotopic (exact) mass is 838 g/mol. The van der Waals surface area contributed by atoms with Crippen LogP contribution in [0.2, 0.25) is 0 Å². The average Bonchev–Trinajstić information content (AvgIpc) is 4.13. The number of anilines is 4. The number of benzene rings is 4. The minimum absolute atomic E-state index is 0.120. The minimum Gasteiger partial charge on any atom is -0.398 e. The predicted molar refractivity (Wildman–Crippen MR) is 228 cm³/mol. The number of halogens is 4. The summed E-state index contributed by atoms with van der Waals surface area (Å²) in [5, 5.41) is 16.5. The molecule has 0 aliphatic heterocycles. The zero-order valence-corrected chi connectivity index (χ0v) is 33.3. The molecule has 4 atom stereocenters. The third-order valence-electron chi connectivity index (χ3n) is 11.3. The Bertz CT molecular complexity index is 2830. The van der Waals surface area contributed by atoms with E-state index in [4.69, 9.17) is 11.5 Å². The molecule has 2 aliphatic rings. The highest BCUT2D eigenvalue weighted by Gasteiger charge is 2.45. The number of amides is 2. The maximum absolute atomic E-state index is 14.2. The fourth-order valence-corrected chi connectivity index (χ4v) is 7.95. The van der Waals surface area contributed by atoms with Gasteiger partial charge in [-0.05, 0) is 118 Å². The topological polar surface area (TPSA) is 172 Å². The van der Waals surface area contributed by atoms with Gasteiger partial charge in [0.05, 0.1) is 23.5 Å². The van der Waals surface area contributed by atoms with Gasteiger partial charge in [0.15, 0.2) is 0 Å². The number of hydrogen-bond donors (Lipinski definition) is 4. The van der Waals surface area contributed by atoms with Gasteiger partial charge in [-0.2, -0.15) is 10.2 Å². The number of aryl methyl sites for hydroxylation is 2. The molecule has 312 valence electrons. The van der Waals surface area contributed by atoms with Crippen LogP contribution in [0, 0.1) is 35.1 Å². The lowest BCUT2D eigenvalue weighted by Gasteiger charge is -2.11. The van der Waals surface area contributed by atoms with Gasteiger partial charge >= 0.3 is 0 Å². The average molecular weight is 839 g/mol. The summed E-state index contributed by atoms with van der Waals surface area (Å²) in [6.07, 6.45) is 12.0. The van der Waals surface area contributed by atoms with Crippen molar-refractivity contribution in [3.05, 3.63) is 144 Å². The molecule has 10 rings (SSSR count). The number of nitrogens with two attached hydrogens (primary N) is 2. The molecule has 12 nitrogen and oxygen atoms in total. The molecule has 0 bridgehead atoms. The molecule has 2 saturated carbocycles. The normalized spacial score (nSPS) is 17.6. The van der Waals surface area contributed by atoms with E-state index in [1.54, 1.807) is 58.4 Å². The zero-order chi connectivity index (χ0) is 43.4. The Labute approximate surface area is 351 Å². The van der Waals surface area contributed by atoms with Crippen LogP contribution in [-0.2, 0) is 23.7 Å². The van der Waals surface area contributed by atoms with Crippen LogP contribution in [0.3, 0.4) is 0 Å². The molecule has 2 fully saturated rings. The number of hydrogen-bond acceptors (Lipinski definition) is 8. The summed E-state index contributed by atoms with van der Waals surface area (Å²) in [6.45, 7) is 0. The van der Waals surface area contributed by atoms with Gasteiger partial charge in [-0.3, -0.25) is 19.0 Å². The Balaban J connectivity index is 0.000000158. The van der Waals surface area contributed by atoms with Crippen LogP contribution in [0.25, 0.3) is 43.8 Å². The van der Waals surface area contributed by atoms with Gasteiger partial charge in [0.2, 0.25) is 11.8 Å². The molecule has 0 radical (unpaired) electrons. The predicted octanol–water partition coefficient (Wildman–Crippen LogP) is 8.48. The summed E-state index contributed by atoms with van der Waals surface area (Å²) in [5.74, 6) is -2.16. The van der Waals surface area contributed by atoms with Crippen molar-refractivity contribution in [3.63, 3.8) is 0 Å². The maximum atomic E-state index is 14.2. The fourth-order valence-electron chi connectivity index (χ4n) is 7.95. The van der Waals surface area contributed by atoms with E-state index in [1.165, 1.54) is 48.5 Å². The Morgan fingerprint density at radius 1 is 0.597 bits per heavy atom. The van der Waals surface area contributed by atoms with E-state index in [1.807, 2.05) is 26.5 Å². The van der Waals surface area contributed by atoms with E-state index in [0.717, 1.165) is 24.0 Å². The summed E-state index contributed by atoms with van der Waals surface area (Å²) >= 11 is 0. The van der Waals surface area contributed by atoms with Gasteiger partial charge < -0.3 is 22.1 Å². The van der Waals surface area contributed by atoms with Crippen LogP contribution in [-0.4, -0.2) is 41.3 Å². The summed E-state index contributed by atoms with van der Waals surface area (Å²) in [5.41, 5.74) is 15.3. The Morgan fingerprint density at radius 3 is 1.34 bits per heavy atom. The first-order chi connectivity index (χ1) is 29.8. The fraction of sp³-hybridized carbons (Fsp3) is 0.174. The van der Waals surface area contributed by atoms with Crippen LogP contribution >= 0.6 is 0 Å². The van der Waals surface area contributed by atoms with Gasteiger partial charge in [-0.25, -0.2) is 27.5 Å². The smallest absolute Gasteiger partial charge is 0.229 e. The maximum Gasteiger partial charge on any atom is 0.229 e. The number of aromatic nitrogens is 6. The van der Waals surface area contributed by atoms with Gasteiger partial charge in [-0.1, -0.05) is 12.1 Å². The minimum atomic E-state index is -0.670. The highest BCUT2D eigenvalue weighted by atomic mass is 19.1. The lowest BCUT2D eigenvalue weighted by molar-refractivity contribution is -0.118. The number of fused-ring (bicyclic) bond motifs is 2. The van der Waals surface area contributed by atoms with E-state index < -0.39 is 23.3 Å². The summed E-state index contributed by atoms with van der Waals surface area (Å²) < 4.78 is 60.4. The molecular weight excluding hydrogens is 801 g/mol. The number of nitrogens with one attached hydrogen (secondary N) is 2. The number of pyridine rings is 2. The first-order valence-corrected chi connectivity index (χ1v) is 19.7. The quantitative estimate of drug-likeness (QED) is 0.0872. The lowest BCUT2D eigenvalue weighted by atomic mass is 10.00. The van der Waals surface area contributed by atoms with Crippen LogP contribution < -0.4 is 22.1 Å². The van der Waals surface area contributed by atoms with E-state index in [0.29, 0.717) is 55.7 Å². The molecule has 6 N–H and O–H groups in total. The van der Waals surface area contributed by atoms with E-state index >= 15 is 0 Å². The number of rotatable bonds is 8. The van der Waals surface area contributed by atoms with E-state index in [-0.39, 0.29) is 46.6 Å². The molecule has 16 heteroatoms. The second kappa shape index (κ2) is 15.8. The van der Waals surface area contributed by atoms with Crippen molar-refractivity contribution in [2.45, 2.75) is 24.7 Å². The van der Waals surface area contributed by atoms with Gasteiger partial charge in [0.1, 0.15) is 34.9 Å². The second-order valence-corrected chi connectivity index (χ2v) is 15.7. The number of carbonyl (C=O) groups excluding carboxylic acids is 2. The SMILES string of the molecule is Cn1cc([C@@H]2C[C@H]2C(=O)Nc2cc3cc(-c4c(F)cccc4F)cc(N)c3cn2)cn1.Cn1cc([C@H]2C[C@@H]2C(=O)Nc2cc3cc(-c4c(F)cccc4F)cc(N)c3cn2)cn1. The van der Waals surface area contributed by atoms with Gasteiger partial charge in [0, 0.05) is 72.9 Å². The molecule has 2 amide bonds. The molecule has 8 aromatic rings. The third-order valence-corrected chi connectivity index (χ3v) is 11.3. The second-order valence-electron chi connectivity index (χ2n) is 15.7. The number of carbonyl (C=O) groups is 2. The van der Waals surface area contributed by atoms with Crippen molar-refractivity contribution in [3.8, 4) is 22.3 Å². The number of nitrogens with zero attached hydrogens (tertiary/aromatic N) is 6. The largest absolute Gasteiger partial charge is 0.398 e. The van der Waals surface area contributed by atoms with Crippen molar-refractivity contribution < 1.29 is 27.2 Å². The number of nitrogen functional groups attached to an aromatic ring is 2. The van der Waals surface area contributed by atoms with Gasteiger partial charge in [-0.15, -0.1) is 0 Å². The van der Waals surface area contributed by atoms with E-state index in [2.05, 4.69) is 30.8 Å². The molecule has 0 unspecified atom stereocenters. The standard InChI is InChI=1S/2C23H19F2N5O/c2*1-30-11-14(9-28-30)15-8-16(15)23(31)29-21-7-12-5-13(6-20(26)17(12)10-27-21)22-18(24)3-2-4-19(22)25/h2*2-7,9-11,15-16H,8,26H2,1H3,(H,27,29,31)/t2*15-,16+/m10/s1. The Kier molecular flexibility index (Phi) is 10.1. The molecule has 2 aliphatic carbocycles.